The van der Waals surface area contributed by atoms with Crippen LogP contribution in [0.4, 0.5) is 0 Å². The fraction of sp³-hybridized carbons (Fsp3) is 0.467. The standard InChI is InChI=1S/C15H23NO2/c1-12(2)8-7-9-13(3)14(18-6)10-11-15(4,5)16-17/h7-11,14H,1H2,2-6H3/b8-7+,11-10+,13-9+. The van der Waals surface area contributed by atoms with Gasteiger partial charge in [-0.25, -0.2) is 0 Å². The highest BCUT2D eigenvalue weighted by Crippen LogP contribution is 2.14. The van der Waals surface area contributed by atoms with Crippen LogP contribution in [0.2, 0.25) is 0 Å². The van der Waals surface area contributed by atoms with Gasteiger partial charge in [0.25, 0.3) is 0 Å². The van der Waals surface area contributed by atoms with Crippen LogP contribution in [0.5, 0.6) is 0 Å². The number of hydrogen-bond donors (Lipinski definition) is 0. The van der Waals surface area contributed by atoms with Crippen molar-refractivity contribution < 1.29 is 4.74 Å². The van der Waals surface area contributed by atoms with Gasteiger partial charge in [0.2, 0.25) is 0 Å². The topological polar surface area (TPSA) is 38.7 Å². The summed E-state index contributed by atoms with van der Waals surface area (Å²) in [7, 11) is 1.64. The summed E-state index contributed by atoms with van der Waals surface area (Å²) in [5.74, 6) is 0. The predicted octanol–water partition coefficient (Wildman–Crippen LogP) is 4.18. The Labute approximate surface area is 110 Å². The first-order chi connectivity index (χ1) is 8.32. The molecule has 0 spiro atoms. The van der Waals surface area contributed by atoms with Crippen molar-refractivity contribution in [3.05, 3.63) is 53.0 Å². The third kappa shape index (κ3) is 6.97. The summed E-state index contributed by atoms with van der Waals surface area (Å²) in [6.07, 6.45) is 9.28. The van der Waals surface area contributed by atoms with Crippen molar-refractivity contribution in [1.29, 1.82) is 0 Å². The van der Waals surface area contributed by atoms with Crippen LogP contribution >= 0.6 is 0 Å². The number of methoxy groups -OCH3 is 1. The number of ether oxygens (including phenoxy) is 1. The molecule has 3 nitrogen and oxygen atoms in total. The lowest BCUT2D eigenvalue weighted by molar-refractivity contribution is 0.168. The highest BCUT2D eigenvalue weighted by molar-refractivity contribution is 5.24. The molecule has 0 rings (SSSR count). The normalized spacial score (nSPS) is 15.3. The molecule has 0 radical (unpaired) electrons. The van der Waals surface area contributed by atoms with E-state index in [1.165, 1.54) is 0 Å². The van der Waals surface area contributed by atoms with Crippen LogP contribution in [0.1, 0.15) is 27.7 Å². The van der Waals surface area contributed by atoms with E-state index in [0.717, 1.165) is 11.1 Å². The molecule has 100 valence electrons. The zero-order valence-electron chi connectivity index (χ0n) is 11.9. The molecule has 0 aromatic carbocycles. The average Bonchev–Trinajstić information content (AvgIpc) is 2.29. The highest BCUT2D eigenvalue weighted by atomic mass is 16.5. The molecule has 0 aromatic heterocycles. The van der Waals surface area contributed by atoms with E-state index < -0.39 is 5.54 Å². The lowest BCUT2D eigenvalue weighted by Crippen LogP contribution is -2.15. The first kappa shape index (κ1) is 16.5. The van der Waals surface area contributed by atoms with Gasteiger partial charge in [0, 0.05) is 7.11 Å². The Kier molecular flexibility index (Phi) is 7.13. The van der Waals surface area contributed by atoms with Crippen LogP contribution in [0, 0.1) is 4.91 Å². The van der Waals surface area contributed by atoms with Gasteiger partial charge < -0.3 is 4.74 Å². The molecule has 0 heterocycles. The summed E-state index contributed by atoms with van der Waals surface area (Å²) in [6.45, 7) is 11.2. The molecule has 0 amide bonds. The molecule has 0 aromatic rings. The van der Waals surface area contributed by atoms with E-state index in [-0.39, 0.29) is 6.10 Å². The SMILES string of the molecule is C=C(C)/C=C/C=C(\C)C(/C=C/C(C)(C)N=O)OC. The second-order valence-corrected chi connectivity index (χ2v) is 4.88. The average molecular weight is 249 g/mol. The van der Waals surface area contributed by atoms with Crippen molar-refractivity contribution in [2.45, 2.75) is 39.3 Å². The summed E-state index contributed by atoms with van der Waals surface area (Å²) in [5, 5.41) is 3.03. The van der Waals surface area contributed by atoms with Crippen molar-refractivity contribution in [1.82, 2.24) is 0 Å². The van der Waals surface area contributed by atoms with Gasteiger partial charge in [0.15, 0.2) is 0 Å². The van der Waals surface area contributed by atoms with Crippen molar-refractivity contribution in [3.63, 3.8) is 0 Å². The smallest absolute Gasteiger partial charge is 0.115 e. The van der Waals surface area contributed by atoms with Gasteiger partial charge in [-0.3, -0.25) is 0 Å². The maximum atomic E-state index is 10.6. The monoisotopic (exact) mass is 249 g/mol. The fourth-order valence-electron chi connectivity index (χ4n) is 1.23. The summed E-state index contributed by atoms with van der Waals surface area (Å²) in [5.41, 5.74) is 1.34. The number of rotatable bonds is 7. The third-order valence-electron chi connectivity index (χ3n) is 2.36. The van der Waals surface area contributed by atoms with E-state index in [0.29, 0.717) is 0 Å². The Morgan fingerprint density at radius 2 is 2.00 bits per heavy atom. The van der Waals surface area contributed by atoms with Crippen LogP contribution in [-0.4, -0.2) is 18.8 Å². The third-order valence-corrected chi connectivity index (χ3v) is 2.36. The Morgan fingerprint density at radius 3 is 2.44 bits per heavy atom. The lowest BCUT2D eigenvalue weighted by atomic mass is 10.0. The van der Waals surface area contributed by atoms with E-state index in [1.54, 1.807) is 27.0 Å². The molecule has 3 heteroatoms. The zero-order chi connectivity index (χ0) is 14.2. The molecule has 0 fully saturated rings. The molecule has 0 N–H and O–H groups in total. The zero-order valence-corrected chi connectivity index (χ0v) is 11.9. The first-order valence-corrected chi connectivity index (χ1v) is 5.89. The Morgan fingerprint density at radius 1 is 1.39 bits per heavy atom. The molecule has 0 aliphatic heterocycles. The molecule has 0 saturated carbocycles. The van der Waals surface area contributed by atoms with Crippen LogP contribution < -0.4 is 0 Å². The van der Waals surface area contributed by atoms with Gasteiger partial charge in [0.05, 0.1) is 6.10 Å². The van der Waals surface area contributed by atoms with Gasteiger partial charge in [0.1, 0.15) is 5.54 Å². The number of nitroso groups, excluding NO2 is 1. The van der Waals surface area contributed by atoms with Crippen molar-refractivity contribution in [3.8, 4) is 0 Å². The van der Waals surface area contributed by atoms with Crippen LogP contribution in [0.3, 0.4) is 0 Å². The van der Waals surface area contributed by atoms with Crippen LogP contribution in [0.15, 0.2) is 53.3 Å². The van der Waals surface area contributed by atoms with Gasteiger partial charge in [-0.2, -0.15) is 0 Å². The molecule has 0 bridgehead atoms. The summed E-state index contributed by atoms with van der Waals surface area (Å²) < 4.78 is 5.35. The molecule has 1 atom stereocenters. The molecule has 1 unspecified atom stereocenters. The minimum atomic E-state index is -0.704. The second-order valence-electron chi connectivity index (χ2n) is 4.88. The maximum absolute atomic E-state index is 10.6. The summed E-state index contributed by atoms with van der Waals surface area (Å²) in [4.78, 5) is 10.6. The molecule has 18 heavy (non-hydrogen) atoms. The minimum Gasteiger partial charge on any atom is -0.373 e. The highest BCUT2D eigenvalue weighted by Gasteiger charge is 2.14. The molecule has 0 aliphatic carbocycles. The van der Waals surface area contributed by atoms with E-state index >= 15 is 0 Å². The quantitative estimate of drug-likeness (QED) is 0.385. The van der Waals surface area contributed by atoms with Gasteiger partial charge >= 0.3 is 0 Å². The molecule has 0 saturated heterocycles. The molecular weight excluding hydrogens is 226 g/mol. The van der Waals surface area contributed by atoms with E-state index in [1.807, 2.05) is 38.2 Å². The van der Waals surface area contributed by atoms with Gasteiger partial charge in [-0.05, 0) is 33.3 Å². The lowest BCUT2D eigenvalue weighted by Gasteiger charge is -2.14. The second kappa shape index (κ2) is 7.77. The van der Waals surface area contributed by atoms with Crippen LogP contribution in [0.25, 0.3) is 0 Å². The minimum absolute atomic E-state index is 0.152. The molecular formula is C15H23NO2. The Hall–Kier alpha value is -1.48. The van der Waals surface area contributed by atoms with Crippen LogP contribution in [-0.2, 0) is 4.74 Å². The fourth-order valence-corrected chi connectivity index (χ4v) is 1.23. The van der Waals surface area contributed by atoms with Gasteiger partial charge in [-0.15, -0.1) is 4.91 Å². The summed E-state index contributed by atoms with van der Waals surface area (Å²) >= 11 is 0. The van der Waals surface area contributed by atoms with Crippen molar-refractivity contribution >= 4 is 0 Å². The Balaban J connectivity index is 4.78. The van der Waals surface area contributed by atoms with Gasteiger partial charge in [-0.1, -0.05) is 47.7 Å². The number of hydrogen-bond acceptors (Lipinski definition) is 3. The largest absolute Gasteiger partial charge is 0.373 e. The van der Waals surface area contributed by atoms with E-state index in [4.69, 9.17) is 4.74 Å². The molecule has 0 aliphatic rings. The summed E-state index contributed by atoms with van der Waals surface area (Å²) in [6, 6.07) is 0. The van der Waals surface area contributed by atoms with E-state index in [2.05, 4.69) is 11.8 Å². The predicted molar refractivity (Wildman–Crippen MR) is 77.5 cm³/mol. The number of nitrogens with zero attached hydrogens (tertiary/aromatic N) is 1. The maximum Gasteiger partial charge on any atom is 0.115 e. The first-order valence-electron chi connectivity index (χ1n) is 5.89. The Bertz CT molecular complexity index is 376. The van der Waals surface area contributed by atoms with Crippen molar-refractivity contribution in [2.75, 3.05) is 7.11 Å². The number of allylic oxidation sites excluding steroid dienone is 4. The van der Waals surface area contributed by atoms with Crippen molar-refractivity contribution in [2.24, 2.45) is 5.18 Å². The van der Waals surface area contributed by atoms with E-state index in [9.17, 15) is 4.91 Å².